The van der Waals surface area contributed by atoms with E-state index in [1.54, 1.807) is 6.08 Å². The molecule has 0 aliphatic heterocycles. The zero-order valence-electron chi connectivity index (χ0n) is 44.2. The minimum absolute atomic E-state index is 0.0901. The van der Waals surface area contributed by atoms with E-state index < -0.39 is 12.1 Å². The fourth-order valence-electron chi connectivity index (χ4n) is 8.69. The molecule has 4 heteroatoms. The Morgan fingerprint density at radius 1 is 0.364 bits per heavy atom. The Morgan fingerprint density at radius 2 is 0.636 bits per heavy atom. The van der Waals surface area contributed by atoms with Gasteiger partial charge in [-0.1, -0.05) is 279 Å². The molecule has 0 aromatic rings. The predicted molar refractivity (Wildman–Crippen MR) is 294 cm³/mol. The van der Waals surface area contributed by atoms with Gasteiger partial charge in [-0.2, -0.15) is 0 Å². The van der Waals surface area contributed by atoms with Crippen LogP contribution in [-0.4, -0.2) is 34.9 Å². The van der Waals surface area contributed by atoms with Crippen LogP contribution in [0, 0.1) is 0 Å². The number of aliphatic hydroxyl groups is 2. The van der Waals surface area contributed by atoms with Gasteiger partial charge in [-0.3, -0.25) is 4.79 Å². The number of carbonyl (C=O) groups is 1. The molecule has 384 valence electrons. The molecule has 0 fully saturated rings. The zero-order valence-corrected chi connectivity index (χ0v) is 44.2. The van der Waals surface area contributed by atoms with Crippen molar-refractivity contribution in [2.75, 3.05) is 6.61 Å². The molecule has 0 saturated heterocycles. The highest BCUT2D eigenvalue weighted by atomic mass is 16.3. The number of nitrogens with one attached hydrogen (secondary N) is 1. The van der Waals surface area contributed by atoms with Crippen molar-refractivity contribution in [3.8, 4) is 0 Å². The quantitative estimate of drug-likeness (QED) is 0.0421. The summed E-state index contributed by atoms with van der Waals surface area (Å²) in [4.78, 5) is 12.5. The fraction of sp³-hybridized carbons (Fsp3) is 0.790. The highest BCUT2D eigenvalue weighted by Gasteiger charge is 2.18. The summed E-state index contributed by atoms with van der Waals surface area (Å²) in [7, 11) is 0. The summed E-state index contributed by atoms with van der Waals surface area (Å²) in [5, 5.41) is 23.1. The molecule has 0 aliphatic rings. The lowest BCUT2D eigenvalue weighted by molar-refractivity contribution is -0.123. The molecule has 66 heavy (non-hydrogen) atoms. The number of rotatable bonds is 53. The first-order valence-electron chi connectivity index (χ1n) is 29.2. The second kappa shape index (κ2) is 57.1. The lowest BCUT2D eigenvalue weighted by Gasteiger charge is -2.19. The lowest BCUT2D eigenvalue weighted by Crippen LogP contribution is -2.45. The maximum atomic E-state index is 12.5. The molecule has 2 unspecified atom stereocenters. The molecule has 0 rings (SSSR count). The minimum atomic E-state index is -0.881. The average molecular weight is 921 g/mol. The molecule has 2 atom stereocenters. The predicted octanol–water partition coefficient (Wildman–Crippen LogP) is 19.4. The molecule has 4 nitrogen and oxygen atoms in total. The van der Waals surface area contributed by atoms with E-state index in [1.807, 2.05) is 6.08 Å². The van der Waals surface area contributed by atoms with Crippen molar-refractivity contribution < 1.29 is 15.0 Å². The van der Waals surface area contributed by atoms with Crippen molar-refractivity contribution in [2.45, 2.75) is 309 Å². The Balaban J connectivity index is 3.57. The van der Waals surface area contributed by atoms with Crippen LogP contribution in [0.15, 0.2) is 72.9 Å². The highest BCUT2D eigenvalue weighted by Crippen LogP contribution is 2.16. The third-order valence-electron chi connectivity index (χ3n) is 13.1. The fourth-order valence-corrected chi connectivity index (χ4v) is 8.69. The van der Waals surface area contributed by atoms with Crippen LogP contribution >= 0.6 is 0 Å². The molecule has 0 bridgehead atoms. The summed E-state index contributed by atoms with van der Waals surface area (Å²) in [6, 6.07) is -0.658. The Hall–Kier alpha value is -2.17. The van der Waals surface area contributed by atoms with E-state index in [4.69, 9.17) is 0 Å². The number of amides is 1. The minimum Gasteiger partial charge on any atom is -0.394 e. The molecule has 0 spiro atoms. The van der Waals surface area contributed by atoms with Gasteiger partial charge in [0, 0.05) is 6.42 Å². The Morgan fingerprint density at radius 3 is 0.985 bits per heavy atom. The van der Waals surface area contributed by atoms with Crippen molar-refractivity contribution >= 4 is 5.91 Å². The smallest absolute Gasteiger partial charge is 0.220 e. The van der Waals surface area contributed by atoms with Crippen LogP contribution in [0.5, 0.6) is 0 Å². The second-order valence-corrected chi connectivity index (χ2v) is 19.7. The Kier molecular flexibility index (Phi) is 55.3. The van der Waals surface area contributed by atoms with Gasteiger partial charge in [-0.15, -0.1) is 0 Å². The molecule has 0 aromatic heterocycles. The Labute approximate surface area is 412 Å². The standard InChI is InChI=1S/C62H113NO3/c1-3-5-7-9-11-13-15-17-19-21-23-25-26-27-28-29-30-31-32-33-34-35-36-38-39-41-43-45-47-49-51-53-55-57-61(65)60(59-64)63-62(66)58-56-54-52-50-48-46-44-42-40-37-24-22-20-18-16-14-12-10-8-6-4-2/h16,18,22,24,39-42,47,49,55,57,60-61,64-65H,3-15,17,19-21,23,25-38,43-46,48,50-54,56,58-59H2,1-2H3,(H,63,66)/b18-16-,24-22-,41-39+,42-40-,49-47+,57-55+. The van der Waals surface area contributed by atoms with Crippen molar-refractivity contribution in [3.63, 3.8) is 0 Å². The van der Waals surface area contributed by atoms with E-state index in [1.165, 1.54) is 212 Å². The zero-order chi connectivity index (χ0) is 47.7. The first kappa shape index (κ1) is 63.8. The van der Waals surface area contributed by atoms with Gasteiger partial charge in [0.15, 0.2) is 0 Å². The van der Waals surface area contributed by atoms with Gasteiger partial charge in [0.25, 0.3) is 0 Å². The monoisotopic (exact) mass is 920 g/mol. The largest absolute Gasteiger partial charge is 0.394 e. The van der Waals surface area contributed by atoms with Crippen LogP contribution in [0.1, 0.15) is 296 Å². The van der Waals surface area contributed by atoms with E-state index >= 15 is 0 Å². The Bertz CT molecular complexity index is 1130. The SMILES string of the molecule is CCCCCCC/C=C\C/C=C\C/C=C\CCCCCCCCC(=O)NC(CO)C(O)/C=C/CC/C=C/CC/C=C/CCCCCCCCCCCCCCCCCCCCCCCCC. The van der Waals surface area contributed by atoms with Gasteiger partial charge >= 0.3 is 0 Å². The summed E-state index contributed by atoms with van der Waals surface area (Å²) in [5.74, 6) is -0.0901. The van der Waals surface area contributed by atoms with Gasteiger partial charge in [-0.05, 0) is 83.5 Å². The summed E-state index contributed by atoms with van der Waals surface area (Å²) in [6.07, 6.45) is 82.2. The topological polar surface area (TPSA) is 69.6 Å². The first-order chi connectivity index (χ1) is 32.7. The normalized spacial score (nSPS) is 13.3. The second-order valence-electron chi connectivity index (χ2n) is 19.7. The number of unbranched alkanes of at least 4 members (excludes halogenated alkanes) is 36. The van der Waals surface area contributed by atoms with Gasteiger partial charge in [0.1, 0.15) is 0 Å². The highest BCUT2D eigenvalue weighted by molar-refractivity contribution is 5.76. The van der Waals surface area contributed by atoms with Gasteiger partial charge in [0.05, 0.1) is 18.8 Å². The van der Waals surface area contributed by atoms with Crippen LogP contribution in [-0.2, 0) is 4.79 Å². The summed E-state index contributed by atoms with van der Waals surface area (Å²) < 4.78 is 0. The molecular formula is C62H113NO3. The molecule has 1 amide bonds. The summed E-state index contributed by atoms with van der Waals surface area (Å²) in [5.41, 5.74) is 0. The lowest BCUT2D eigenvalue weighted by atomic mass is 10.0. The van der Waals surface area contributed by atoms with E-state index in [-0.39, 0.29) is 12.5 Å². The van der Waals surface area contributed by atoms with E-state index in [0.29, 0.717) is 6.42 Å². The van der Waals surface area contributed by atoms with Crippen LogP contribution in [0.3, 0.4) is 0 Å². The molecular weight excluding hydrogens is 807 g/mol. The number of carbonyl (C=O) groups excluding carboxylic acids is 1. The third-order valence-corrected chi connectivity index (χ3v) is 13.1. The third kappa shape index (κ3) is 52.8. The number of aliphatic hydroxyl groups excluding tert-OH is 2. The van der Waals surface area contributed by atoms with Crippen molar-refractivity contribution in [1.82, 2.24) is 5.32 Å². The molecule has 0 saturated carbocycles. The van der Waals surface area contributed by atoms with Crippen LogP contribution in [0.25, 0.3) is 0 Å². The molecule has 0 heterocycles. The van der Waals surface area contributed by atoms with E-state index in [9.17, 15) is 15.0 Å². The summed E-state index contributed by atoms with van der Waals surface area (Å²) in [6.45, 7) is 4.29. The van der Waals surface area contributed by atoms with E-state index in [0.717, 1.165) is 64.2 Å². The first-order valence-corrected chi connectivity index (χ1v) is 29.2. The average Bonchev–Trinajstić information content (AvgIpc) is 3.32. The number of hydrogen-bond donors (Lipinski definition) is 3. The van der Waals surface area contributed by atoms with Gasteiger partial charge in [-0.25, -0.2) is 0 Å². The molecule has 0 aliphatic carbocycles. The van der Waals surface area contributed by atoms with Crippen LogP contribution < -0.4 is 5.32 Å². The van der Waals surface area contributed by atoms with Gasteiger partial charge < -0.3 is 15.5 Å². The van der Waals surface area contributed by atoms with Crippen LogP contribution in [0.4, 0.5) is 0 Å². The van der Waals surface area contributed by atoms with Crippen molar-refractivity contribution in [1.29, 1.82) is 0 Å². The van der Waals surface area contributed by atoms with E-state index in [2.05, 4.69) is 79.9 Å². The van der Waals surface area contributed by atoms with Crippen LogP contribution in [0.2, 0.25) is 0 Å². The van der Waals surface area contributed by atoms with Crippen molar-refractivity contribution in [3.05, 3.63) is 72.9 Å². The van der Waals surface area contributed by atoms with Gasteiger partial charge in [0.2, 0.25) is 5.91 Å². The number of hydrogen-bond acceptors (Lipinski definition) is 3. The maximum absolute atomic E-state index is 12.5. The summed E-state index contributed by atoms with van der Waals surface area (Å²) >= 11 is 0. The molecule has 0 aromatic carbocycles. The van der Waals surface area contributed by atoms with Crippen molar-refractivity contribution in [2.24, 2.45) is 0 Å². The number of allylic oxidation sites excluding steroid dienone is 11. The molecule has 0 radical (unpaired) electrons. The maximum Gasteiger partial charge on any atom is 0.220 e. The molecule has 3 N–H and O–H groups in total.